The smallest absolute Gasteiger partial charge is 0.407 e. The first-order chi connectivity index (χ1) is 8.12. The van der Waals surface area contributed by atoms with Crippen LogP contribution in [-0.4, -0.2) is 26.9 Å². The summed E-state index contributed by atoms with van der Waals surface area (Å²) in [6.45, 7) is 8.76. The summed E-state index contributed by atoms with van der Waals surface area (Å²) in [7, 11) is -0.238. The van der Waals surface area contributed by atoms with Crippen LogP contribution in [0.1, 0.15) is 20.8 Å². The van der Waals surface area contributed by atoms with E-state index in [0.29, 0.717) is 0 Å². The largest absolute Gasteiger partial charge is 0.496 e. The lowest BCUT2D eigenvalue weighted by molar-refractivity contribution is 0.0343. The van der Waals surface area contributed by atoms with Gasteiger partial charge in [-0.25, -0.2) is 0 Å². The van der Waals surface area contributed by atoms with E-state index < -0.39 is 0 Å². The van der Waals surface area contributed by atoms with Crippen molar-refractivity contribution < 1.29 is 9.31 Å². The Hall–Kier alpha value is -0.995. The molecule has 0 atom stereocenters. The van der Waals surface area contributed by atoms with E-state index in [4.69, 9.17) is 9.31 Å². The Labute approximate surface area is 104 Å². The van der Waals surface area contributed by atoms with Crippen molar-refractivity contribution in [3.8, 4) is 0 Å². The minimum absolute atomic E-state index is 0.115. The van der Waals surface area contributed by atoms with E-state index in [1.165, 1.54) is 0 Å². The first-order valence-corrected chi connectivity index (χ1v) is 6.18. The summed E-state index contributed by atoms with van der Waals surface area (Å²) in [6, 6.07) is 8.16. The molecule has 0 unspecified atom stereocenters. The fourth-order valence-corrected chi connectivity index (χ4v) is 1.93. The maximum Gasteiger partial charge on any atom is 0.496 e. The van der Waals surface area contributed by atoms with Crippen LogP contribution in [0.2, 0.25) is 0 Å². The van der Waals surface area contributed by atoms with Crippen LogP contribution in [0.25, 0.3) is 0 Å². The highest BCUT2D eigenvalue weighted by atomic mass is 16.6. The van der Waals surface area contributed by atoms with Crippen LogP contribution < -0.4 is 10.8 Å². The molecule has 3 nitrogen and oxygen atoms in total. The second kappa shape index (κ2) is 5.11. The van der Waals surface area contributed by atoms with Gasteiger partial charge in [0, 0.05) is 36.3 Å². The quantitative estimate of drug-likeness (QED) is 0.808. The maximum absolute atomic E-state index is 5.80. The second-order valence-electron chi connectivity index (χ2n) is 5.24. The molecule has 1 N–H and O–H groups in total. The van der Waals surface area contributed by atoms with Gasteiger partial charge in [0.2, 0.25) is 0 Å². The van der Waals surface area contributed by atoms with Crippen LogP contribution in [-0.2, 0) is 9.31 Å². The molecule has 0 amide bonds. The third-order valence-electron chi connectivity index (χ3n) is 2.83. The molecular weight excluding hydrogens is 213 g/mol. The monoisotopic (exact) mass is 233 g/mol. The lowest BCUT2D eigenvalue weighted by Crippen LogP contribution is -2.48. The molecule has 1 heterocycles. The van der Waals surface area contributed by atoms with E-state index in [0.717, 1.165) is 30.9 Å². The van der Waals surface area contributed by atoms with Gasteiger partial charge in [-0.05, 0) is 13.0 Å². The van der Waals surface area contributed by atoms with E-state index in [2.05, 4.69) is 38.2 Å². The van der Waals surface area contributed by atoms with Gasteiger partial charge in [0.05, 0.1) is 0 Å². The normalized spacial score (nSPS) is 19.1. The van der Waals surface area contributed by atoms with E-state index in [9.17, 15) is 0 Å². The highest BCUT2D eigenvalue weighted by Gasteiger charge is 2.34. The molecule has 0 saturated carbocycles. The molecule has 1 fully saturated rings. The number of nitrogens with one attached hydrogen (secondary N) is 1. The SMILES string of the molecule is CCNc1ccccc1B1OCC(C)(C)CO1. The fourth-order valence-electron chi connectivity index (χ4n) is 1.93. The van der Waals surface area contributed by atoms with Gasteiger partial charge < -0.3 is 14.6 Å². The zero-order chi connectivity index (χ0) is 12.3. The van der Waals surface area contributed by atoms with E-state index in [1.807, 2.05) is 12.1 Å². The molecule has 1 aliphatic rings. The molecule has 0 aromatic heterocycles. The Balaban J connectivity index is 2.12. The van der Waals surface area contributed by atoms with Crippen LogP contribution >= 0.6 is 0 Å². The molecule has 92 valence electrons. The van der Waals surface area contributed by atoms with E-state index in [1.54, 1.807) is 0 Å². The molecule has 4 heteroatoms. The minimum atomic E-state index is -0.238. The van der Waals surface area contributed by atoms with Crippen molar-refractivity contribution in [2.75, 3.05) is 25.1 Å². The van der Waals surface area contributed by atoms with Crippen molar-refractivity contribution in [2.24, 2.45) is 5.41 Å². The molecule has 2 rings (SSSR count). The Morgan fingerprint density at radius 2 is 1.88 bits per heavy atom. The van der Waals surface area contributed by atoms with Gasteiger partial charge in [0.15, 0.2) is 0 Å². The second-order valence-corrected chi connectivity index (χ2v) is 5.24. The first kappa shape index (κ1) is 12.5. The predicted molar refractivity (Wildman–Crippen MR) is 71.7 cm³/mol. The number of anilines is 1. The Morgan fingerprint density at radius 1 is 1.24 bits per heavy atom. The highest BCUT2D eigenvalue weighted by Crippen LogP contribution is 2.22. The van der Waals surface area contributed by atoms with Gasteiger partial charge >= 0.3 is 7.12 Å². The zero-order valence-corrected chi connectivity index (χ0v) is 10.8. The lowest BCUT2D eigenvalue weighted by Gasteiger charge is -2.33. The molecular formula is C13H20BNO2. The molecule has 17 heavy (non-hydrogen) atoms. The van der Waals surface area contributed by atoms with Gasteiger partial charge in [0.1, 0.15) is 0 Å². The molecule has 1 aromatic carbocycles. The number of benzene rings is 1. The average molecular weight is 233 g/mol. The molecule has 0 aliphatic carbocycles. The van der Waals surface area contributed by atoms with Crippen molar-refractivity contribution in [2.45, 2.75) is 20.8 Å². The van der Waals surface area contributed by atoms with Crippen LogP contribution in [0.4, 0.5) is 5.69 Å². The summed E-state index contributed by atoms with van der Waals surface area (Å²) >= 11 is 0. The number of rotatable bonds is 3. The van der Waals surface area contributed by atoms with Crippen LogP contribution in [0.5, 0.6) is 0 Å². The summed E-state index contributed by atoms with van der Waals surface area (Å²) < 4.78 is 11.6. The predicted octanol–water partition coefficient (Wildman–Crippen LogP) is 1.89. The first-order valence-electron chi connectivity index (χ1n) is 6.18. The Morgan fingerprint density at radius 3 is 2.53 bits per heavy atom. The van der Waals surface area contributed by atoms with Gasteiger partial charge in [-0.3, -0.25) is 0 Å². The zero-order valence-electron chi connectivity index (χ0n) is 10.8. The lowest BCUT2D eigenvalue weighted by atomic mass is 9.75. The minimum Gasteiger partial charge on any atom is -0.407 e. The summed E-state index contributed by atoms with van der Waals surface area (Å²) in [6.07, 6.45) is 0. The van der Waals surface area contributed by atoms with Crippen molar-refractivity contribution >= 4 is 18.3 Å². The number of hydrogen-bond donors (Lipinski definition) is 1. The third-order valence-corrected chi connectivity index (χ3v) is 2.83. The fraction of sp³-hybridized carbons (Fsp3) is 0.538. The van der Waals surface area contributed by atoms with E-state index in [-0.39, 0.29) is 12.5 Å². The summed E-state index contributed by atoms with van der Waals surface area (Å²) in [5.41, 5.74) is 2.30. The summed E-state index contributed by atoms with van der Waals surface area (Å²) in [5.74, 6) is 0. The van der Waals surface area contributed by atoms with Crippen molar-refractivity contribution in [3.05, 3.63) is 24.3 Å². The third kappa shape index (κ3) is 3.02. The maximum atomic E-state index is 5.80. The van der Waals surface area contributed by atoms with E-state index >= 15 is 0 Å². The molecule has 0 radical (unpaired) electrons. The van der Waals surface area contributed by atoms with Crippen molar-refractivity contribution in [1.82, 2.24) is 0 Å². The molecule has 1 aliphatic heterocycles. The Kier molecular flexibility index (Phi) is 3.74. The van der Waals surface area contributed by atoms with Crippen molar-refractivity contribution in [1.29, 1.82) is 0 Å². The van der Waals surface area contributed by atoms with Gasteiger partial charge in [0.25, 0.3) is 0 Å². The topological polar surface area (TPSA) is 30.5 Å². The summed E-state index contributed by atoms with van der Waals surface area (Å²) in [4.78, 5) is 0. The highest BCUT2D eigenvalue weighted by molar-refractivity contribution is 6.63. The van der Waals surface area contributed by atoms with Crippen LogP contribution in [0.3, 0.4) is 0 Å². The summed E-state index contributed by atoms with van der Waals surface area (Å²) in [5, 5.41) is 3.33. The Bertz CT molecular complexity index is 371. The molecule has 0 bridgehead atoms. The molecule has 1 aromatic rings. The molecule has 1 saturated heterocycles. The average Bonchev–Trinajstić information content (AvgIpc) is 2.31. The number of hydrogen-bond acceptors (Lipinski definition) is 3. The van der Waals surface area contributed by atoms with Gasteiger partial charge in [-0.2, -0.15) is 0 Å². The van der Waals surface area contributed by atoms with Gasteiger partial charge in [-0.15, -0.1) is 0 Å². The van der Waals surface area contributed by atoms with Gasteiger partial charge in [-0.1, -0.05) is 32.0 Å². The van der Waals surface area contributed by atoms with Crippen molar-refractivity contribution in [3.63, 3.8) is 0 Å². The van der Waals surface area contributed by atoms with Crippen LogP contribution in [0.15, 0.2) is 24.3 Å². The number of para-hydroxylation sites is 1. The molecule has 0 spiro atoms. The van der Waals surface area contributed by atoms with Crippen LogP contribution in [0, 0.1) is 5.41 Å². The standard InChI is InChI=1S/C13H20BNO2/c1-4-15-12-8-6-5-7-11(12)14-16-9-13(2,3)10-17-14/h5-8,15H,4,9-10H2,1-3H3.